The molecular formula is C31H29F2N9O3. The molecule has 230 valence electrons. The Morgan fingerprint density at radius 3 is 2.51 bits per heavy atom. The maximum Gasteiger partial charge on any atom is 0.272 e. The van der Waals surface area contributed by atoms with Crippen molar-refractivity contribution in [3.63, 3.8) is 0 Å². The third-order valence-corrected chi connectivity index (χ3v) is 8.19. The number of piperazine rings is 1. The van der Waals surface area contributed by atoms with E-state index in [4.69, 9.17) is 4.42 Å². The van der Waals surface area contributed by atoms with Crippen molar-refractivity contribution >= 4 is 28.6 Å². The third kappa shape index (κ3) is 5.88. The summed E-state index contributed by atoms with van der Waals surface area (Å²) in [4.78, 5) is 40.2. The van der Waals surface area contributed by atoms with Gasteiger partial charge in [-0.1, -0.05) is 30.3 Å². The molecule has 12 nitrogen and oxygen atoms in total. The molecular weight excluding hydrogens is 584 g/mol. The lowest BCUT2D eigenvalue weighted by atomic mass is 9.81. The zero-order valence-corrected chi connectivity index (χ0v) is 24.3. The number of pyridine rings is 1. The molecule has 0 spiro atoms. The molecule has 3 aromatic heterocycles. The van der Waals surface area contributed by atoms with Crippen molar-refractivity contribution in [3.8, 4) is 11.5 Å². The Balaban J connectivity index is 1.03. The first-order valence-corrected chi connectivity index (χ1v) is 14.6. The predicted molar refractivity (Wildman–Crippen MR) is 158 cm³/mol. The number of hydrogen-bond donors (Lipinski definition) is 1. The summed E-state index contributed by atoms with van der Waals surface area (Å²) >= 11 is 0. The normalized spacial score (nSPS) is 17.6. The number of amides is 2. The second-order valence-electron chi connectivity index (χ2n) is 11.4. The molecule has 0 unspecified atom stereocenters. The summed E-state index contributed by atoms with van der Waals surface area (Å²) in [6, 6.07) is 18.1. The van der Waals surface area contributed by atoms with Gasteiger partial charge in [0.15, 0.2) is 11.4 Å². The van der Waals surface area contributed by atoms with Crippen LogP contribution in [0.3, 0.4) is 0 Å². The number of aryl methyl sites for hydroxylation is 1. The maximum absolute atomic E-state index is 13.5. The summed E-state index contributed by atoms with van der Waals surface area (Å²) in [7, 11) is 1.73. The number of alkyl halides is 2. The minimum atomic E-state index is -2.77. The molecule has 45 heavy (non-hydrogen) atoms. The Hall–Kier alpha value is -5.11. The smallest absolute Gasteiger partial charge is 0.272 e. The molecule has 0 radical (unpaired) electrons. The van der Waals surface area contributed by atoms with Crippen molar-refractivity contribution < 1.29 is 22.8 Å². The SMILES string of the molecule is Cn1nnc([C@@H](c2ccccc2)N2CCN(C(=O)c3cc(-c4nc5cc(NC(=O)C6CC(F)(F)C6)ccc5o4)ccn3)CC2)n1. The van der Waals surface area contributed by atoms with Crippen molar-refractivity contribution in [1.29, 1.82) is 0 Å². The number of hydrogen-bond acceptors (Lipinski definition) is 9. The molecule has 4 heterocycles. The zero-order valence-electron chi connectivity index (χ0n) is 24.3. The minimum absolute atomic E-state index is 0.186. The van der Waals surface area contributed by atoms with Gasteiger partial charge in [0.25, 0.3) is 5.91 Å². The fourth-order valence-electron chi connectivity index (χ4n) is 5.81. The molecule has 2 amide bonds. The van der Waals surface area contributed by atoms with E-state index in [1.165, 1.54) is 4.80 Å². The topological polar surface area (TPSA) is 135 Å². The fraction of sp³-hybridized carbons (Fsp3) is 0.323. The van der Waals surface area contributed by atoms with E-state index in [-0.39, 0.29) is 23.5 Å². The Morgan fingerprint density at radius 2 is 1.80 bits per heavy atom. The number of oxazole rings is 1. The van der Waals surface area contributed by atoms with Gasteiger partial charge < -0.3 is 14.6 Å². The lowest BCUT2D eigenvalue weighted by Gasteiger charge is -2.38. The molecule has 14 heteroatoms. The van der Waals surface area contributed by atoms with Crippen LogP contribution in [0.5, 0.6) is 0 Å². The number of nitrogens with zero attached hydrogens (tertiary/aromatic N) is 8. The van der Waals surface area contributed by atoms with Crippen LogP contribution in [-0.4, -0.2) is 83.9 Å². The van der Waals surface area contributed by atoms with Gasteiger partial charge in [0.05, 0.1) is 13.1 Å². The summed E-state index contributed by atoms with van der Waals surface area (Å²) < 4.78 is 32.3. The van der Waals surface area contributed by atoms with Gasteiger partial charge in [-0.15, -0.1) is 10.2 Å². The summed E-state index contributed by atoms with van der Waals surface area (Å²) in [5.74, 6) is -3.23. The number of nitrogens with one attached hydrogen (secondary N) is 1. The number of rotatable bonds is 7. The van der Waals surface area contributed by atoms with Crippen LogP contribution in [0.15, 0.2) is 71.3 Å². The maximum atomic E-state index is 13.5. The average Bonchev–Trinajstić information content (AvgIpc) is 3.66. The Bertz CT molecular complexity index is 1860. The Labute approximate surface area is 256 Å². The molecule has 7 rings (SSSR count). The number of fused-ring (bicyclic) bond motifs is 1. The summed E-state index contributed by atoms with van der Waals surface area (Å²) in [5, 5.41) is 15.4. The highest BCUT2D eigenvalue weighted by atomic mass is 19.3. The van der Waals surface area contributed by atoms with E-state index in [2.05, 4.69) is 35.6 Å². The highest BCUT2D eigenvalue weighted by molar-refractivity contribution is 5.95. The molecule has 1 N–H and O–H groups in total. The quantitative estimate of drug-likeness (QED) is 0.290. The van der Waals surface area contributed by atoms with Crippen LogP contribution in [-0.2, 0) is 11.8 Å². The second-order valence-corrected chi connectivity index (χ2v) is 11.4. The van der Waals surface area contributed by atoms with Crippen LogP contribution in [0.2, 0.25) is 0 Å². The lowest BCUT2D eigenvalue weighted by Crippen LogP contribution is -2.50. The molecule has 2 aromatic carbocycles. The van der Waals surface area contributed by atoms with E-state index in [1.54, 1.807) is 48.5 Å². The van der Waals surface area contributed by atoms with Crippen molar-refractivity contribution in [2.24, 2.45) is 13.0 Å². The monoisotopic (exact) mass is 613 g/mol. The first kappa shape index (κ1) is 28.6. The summed E-state index contributed by atoms with van der Waals surface area (Å²) in [6.45, 7) is 2.20. The predicted octanol–water partition coefficient (Wildman–Crippen LogP) is 3.94. The number of anilines is 1. The molecule has 1 aliphatic carbocycles. The van der Waals surface area contributed by atoms with Crippen LogP contribution in [0.4, 0.5) is 14.5 Å². The summed E-state index contributed by atoms with van der Waals surface area (Å²) in [6.07, 6.45) is 0.657. The minimum Gasteiger partial charge on any atom is -0.436 e. The van der Waals surface area contributed by atoms with E-state index in [0.717, 1.165) is 5.56 Å². The molecule has 1 saturated carbocycles. The highest BCUT2D eigenvalue weighted by Crippen LogP contribution is 2.43. The lowest BCUT2D eigenvalue weighted by molar-refractivity contribution is -0.145. The first-order valence-electron chi connectivity index (χ1n) is 14.6. The largest absolute Gasteiger partial charge is 0.436 e. The van der Waals surface area contributed by atoms with Gasteiger partial charge in [-0.3, -0.25) is 19.5 Å². The number of aromatic nitrogens is 6. The van der Waals surface area contributed by atoms with Crippen LogP contribution in [0, 0.1) is 5.92 Å². The average molecular weight is 614 g/mol. The molecule has 5 aromatic rings. The molecule has 1 aliphatic heterocycles. The van der Waals surface area contributed by atoms with Gasteiger partial charge in [0, 0.05) is 62.4 Å². The van der Waals surface area contributed by atoms with Gasteiger partial charge in [-0.25, -0.2) is 13.8 Å². The van der Waals surface area contributed by atoms with Crippen LogP contribution >= 0.6 is 0 Å². The van der Waals surface area contributed by atoms with E-state index in [1.807, 2.05) is 30.3 Å². The van der Waals surface area contributed by atoms with E-state index in [0.29, 0.717) is 54.4 Å². The Kier molecular flexibility index (Phi) is 7.28. The summed E-state index contributed by atoms with van der Waals surface area (Å²) in [5.41, 5.74) is 3.29. The van der Waals surface area contributed by atoms with Crippen LogP contribution in [0.25, 0.3) is 22.6 Å². The van der Waals surface area contributed by atoms with Gasteiger partial charge in [-0.05, 0) is 41.1 Å². The standard InChI is InChI=1S/C31H29F2N9O3/c1-40-38-27(37-39-40)26(19-5-3-2-4-6-19)41-11-13-42(14-12-41)30(44)24-15-20(9-10-34-24)29-36-23-16-22(7-8-25(23)45-29)35-28(43)21-17-31(32,33)18-21/h2-10,15-16,21,26H,11-14,17-18H2,1H3,(H,35,43)/t26-/m1/s1. The van der Waals surface area contributed by atoms with E-state index >= 15 is 0 Å². The van der Waals surface area contributed by atoms with Crippen LogP contribution < -0.4 is 5.32 Å². The number of carbonyl (C=O) groups is 2. The number of halogens is 2. The first-order chi connectivity index (χ1) is 21.7. The zero-order chi connectivity index (χ0) is 31.1. The third-order valence-electron chi connectivity index (χ3n) is 8.19. The van der Waals surface area contributed by atoms with Crippen LogP contribution in [0.1, 0.15) is 40.8 Å². The van der Waals surface area contributed by atoms with E-state index in [9.17, 15) is 18.4 Å². The van der Waals surface area contributed by atoms with Gasteiger partial charge in [0.2, 0.25) is 17.7 Å². The number of carbonyl (C=O) groups excluding carboxylic acids is 2. The second kappa shape index (κ2) is 11.4. The van der Waals surface area contributed by atoms with Crippen molar-refractivity contribution in [1.82, 2.24) is 40.0 Å². The van der Waals surface area contributed by atoms with Crippen molar-refractivity contribution in [2.45, 2.75) is 24.8 Å². The van der Waals surface area contributed by atoms with Gasteiger partial charge >= 0.3 is 0 Å². The van der Waals surface area contributed by atoms with Crippen molar-refractivity contribution in [3.05, 3.63) is 83.9 Å². The van der Waals surface area contributed by atoms with E-state index < -0.39 is 30.6 Å². The molecule has 0 bridgehead atoms. The Morgan fingerprint density at radius 1 is 1.02 bits per heavy atom. The molecule has 1 saturated heterocycles. The molecule has 1 atom stereocenters. The molecule has 2 aliphatic rings. The van der Waals surface area contributed by atoms with Gasteiger partial charge in [0.1, 0.15) is 11.2 Å². The number of tetrazole rings is 1. The van der Waals surface area contributed by atoms with Crippen molar-refractivity contribution in [2.75, 3.05) is 31.5 Å². The molecule has 2 fully saturated rings. The fourth-order valence-corrected chi connectivity index (χ4v) is 5.81. The number of benzene rings is 2. The van der Waals surface area contributed by atoms with Gasteiger partial charge in [-0.2, -0.15) is 4.80 Å². The highest BCUT2D eigenvalue weighted by Gasteiger charge is 2.48.